The van der Waals surface area contributed by atoms with E-state index in [4.69, 9.17) is 4.74 Å². The molecule has 1 aliphatic carbocycles. The Bertz CT molecular complexity index is 135. The van der Waals surface area contributed by atoms with Crippen molar-refractivity contribution in [3.05, 3.63) is 12.3 Å². The molecule has 0 bridgehead atoms. The highest BCUT2D eigenvalue weighted by atomic mass is 19.3. The SMILES string of the molecule is FC(F)=COC1CCCCC1. The Balaban J connectivity index is 2.19. The summed E-state index contributed by atoms with van der Waals surface area (Å²) in [6.45, 7) is 0. The van der Waals surface area contributed by atoms with Gasteiger partial charge in [-0.3, -0.25) is 0 Å². The van der Waals surface area contributed by atoms with E-state index in [0.29, 0.717) is 6.26 Å². The molecule has 0 spiro atoms. The minimum atomic E-state index is -1.74. The smallest absolute Gasteiger partial charge is 0.304 e. The molecule has 3 heteroatoms. The van der Waals surface area contributed by atoms with Crippen LogP contribution in [0.5, 0.6) is 0 Å². The summed E-state index contributed by atoms with van der Waals surface area (Å²) in [6.07, 6.45) is 4.12. The molecule has 0 heterocycles. The second-order valence-corrected chi connectivity index (χ2v) is 2.80. The normalized spacial score (nSPS) is 19.5. The number of hydrogen-bond donors (Lipinski definition) is 0. The van der Waals surface area contributed by atoms with E-state index >= 15 is 0 Å². The third-order valence-corrected chi connectivity index (χ3v) is 1.90. The molecule has 0 saturated heterocycles. The number of ether oxygens (including phenoxy) is 1. The maximum Gasteiger partial charge on any atom is 0.304 e. The molecule has 1 rings (SSSR count). The lowest BCUT2D eigenvalue weighted by molar-refractivity contribution is 0.0966. The summed E-state index contributed by atoms with van der Waals surface area (Å²) in [7, 11) is 0. The van der Waals surface area contributed by atoms with Crippen LogP contribution in [-0.2, 0) is 4.74 Å². The van der Waals surface area contributed by atoms with E-state index in [9.17, 15) is 8.78 Å². The van der Waals surface area contributed by atoms with E-state index < -0.39 is 6.08 Å². The Labute approximate surface area is 65.0 Å². The summed E-state index contributed by atoms with van der Waals surface area (Å²) >= 11 is 0. The monoisotopic (exact) mass is 162 g/mol. The highest BCUT2D eigenvalue weighted by Gasteiger charge is 2.12. The molecule has 0 unspecified atom stereocenters. The summed E-state index contributed by atoms with van der Waals surface area (Å²) in [6, 6.07) is 0. The Kier molecular flexibility index (Phi) is 3.33. The molecule has 11 heavy (non-hydrogen) atoms. The van der Waals surface area contributed by atoms with Crippen LogP contribution >= 0.6 is 0 Å². The van der Waals surface area contributed by atoms with E-state index in [0.717, 1.165) is 25.7 Å². The van der Waals surface area contributed by atoms with Gasteiger partial charge in [0.05, 0.1) is 6.10 Å². The fourth-order valence-electron chi connectivity index (χ4n) is 1.35. The largest absolute Gasteiger partial charge is 0.492 e. The molecule has 0 aromatic carbocycles. The van der Waals surface area contributed by atoms with Crippen molar-refractivity contribution in [1.82, 2.24) is 0 Å². The second kappa shape index (κ2) is 4.31. The lowest BCUT2D eigenvalue weighted by atomic mass is 9.98. The fraction of sp³-hybridized carbons (Fsp3) is 0.750. The van der Waals surface area contributed by atoms with Gasteiger partial charge in [-0.2, -0.15) is 8.78 Å². The zero-order valence-electron chi connectivity index (χ0n) is 6.35. The summed E-state index contributed by atoms with van der Waals surface area (Å²) < 4.78 is 27.9. The van der Waals surface area contributed by atoms with Crippen LogP contribution in [0.4, 0.5) is 8.78 Å². The molecule has 1 fully saturated rings. The zero-order chi connectivity index (χ0) is 8.10. The molecule has 1 saturated carbocycles. The van der Waals surface area contributed by atoms with Gasteiger partial charge in [-0.1, -0.05) is 6.42 Å². The van der Waals surface area contributed by atoms with Gasteiger partial charge in [0.15, 0.2) is 0 Å². The van der Waals surface area contributed by atoms with Crippen LogP contribution in [0, 0.1) is 0 Å². The summed E-state index contributed by atoms with van der Waals surface area (Å²) in [4.78, 5) is 0. The molecule has 0 aromatic rings. The molecular weight excluding hydrogens is 150 g/mol. The molecule has 0 N–H and O–H groups in total. The third kappa shape index (κ3) is 3.35. The van der Waals surface area contributed by atoms with E-state index in [2.05, 4.69) is 0 Å². The number of hydrogen-bond acceptors (Lipinski definition) is 1. The Morgan fingerprint density at radius 3 is 2.36 bits per heavy atom. The molecular formula is C8H12F2O. The van der Waals surface area contributed by atoms with Crippen LogP contribution in [0.2, 0.25) is 0 Å². The summed E-state index contributed by atoms with van der Waals surface area (Å²) in [5.41, 5.74) is 0. The van der Waals surface area contributed by atoms with E-state index in [1.54, 1.807) is 0 Å². The predicted octanol–water partition coefficient (Wildman–Crippen LogP) is 3.07. The molecule has 0 atom stereocenters. The Hall–Kier alpha value is -0.600. The van der Waals surface area contributed by atoms with Crippen molar-refractivity contribution < 1.29 is 13.5 Å². The van der Waals surface area contributed by atoms with Gasteiger partial charge in [-0.25, -0.2) is 0 Å². The molecule has 1 nitrogen and oxygen atoms in total. The highest BCUT2D eigenvalue weighted by molar-refractivity contribution is 4.74. The van der Waals surface area contributed by atoms with Gasteiger partial charge in [0.25, 0.3) is 0 Å². The van der Waals surface area contributed by atoms with Crippen LogP contribution in [0.15, 0.2) is 12.3 Å². The number of rotatable bonds is 2. The molecule has 0 radical (unpaired) electrons. The van der Waals surface area contributed by atoms with Gasteiger partial charge in [-0.15, -0.1) is 0 Å². The Morgan fingerprint density at radius 2 is 1.82 bits per heavy atom. The molecule has 0 amide bonds. The van der Waals surface area contributed by atoms with Crippen molar-refractivity contribution in [1.29, 1.82) is 0 Å². The van der Waals surface area contributed by atoms with Gasteiger partial charge in [0.2, 0.25) is 0 Å². The van der Waals surface area contributed by atoms with Crippen molar-refractivity contribution in [3.63, 3.8) is 0 Å². The average Bonchev–Trinajstić information content (AvgIpc) is 2.03. The minimum Gasteiger partial charge on any atom is -0.492 e. The van der Waals surface area contributed by atoms with Crippen molar-refractivity contribution in [3.8, 4) is 0 Å². The quantitative estimate of drug-likeness (QED) is 0.567. The minimum absolute atomic E-state index is 0.0326. The van der Waals surface area contributed by atoms with Gasteiger partial charge in [0.1, 0.15) is 6.26 Å². The first-order chi connectivity index (χ1) is 5.29. The van der Waals surface area contributed by atoms with Gasteiger partial charge in [0, 0.05) is 0 Å². The third-order valence-electron chi connectivity index (χ3n) is 1.90. The first-order valence-corrected chi connectivity index (χ1v) is 3.95. The van der Waals surface area contributed by atoms with E-state index in [1.165, 1.54) is 6.42 Å². The lowest BCUT2D eigenvalue weighted by Crippen LogP contribution is -2.13. The predicted molar refractivity (Wildman–Crippen MR) is 38.3 cm³/mol. The second-order valence-electron chi connectivity index (χ2n) is 2.80. The topological polar surface area (TPSA) is 9.23 Å². The van der Waals surface area contributed by atoms with Crippen molar-refractivity contribution in [2.45, 2.75) is 38.2 Å². The average molecular weight is 162 g/mol. The summed E-state index contributed by atoms with van der Waals surface area (Å²) in [5.74, 6) is 0. The van der Waals surface area contributed by atoms with Crippen LogP contribution in [-0.4, -0.2) is 6.10 Å². The standard InChI is InChI=1S/C8H12F2O/c9-8(10)6-11-7-4-2-1-3-5-7/h6-7H,1-5H2. The fourth-order valence-corrected chi connectivity index (χ4v) is 1.35. The van der Waals surface area contributed by atoms with Crippen molar-refractivity contribution in [2.24, 2.45) is 0 Å². The molecule has 0 aromatic heterocycles. The molecule has 0 aliphatic heterocycles. The van der Waals surface area contributed by atoms with Crippen molar-refractivity contribution >= 4 is 0 Å². The first-order valence-electron chi connectivity index (χ1n) is 3.95. The van der Waals surface area contributed by atoms with Crippen LogP contribution in [0.1, 0.15) is 32.1 Å². The maximum absolute atomic E-state index is 11.5. The van der Waals surface area contributed by atoms with Gasteiger partial charge < -0.3 is 4.74 Å². The van der Waals surface area contributed by atoms with Crippen molar-refractivity contribution in [2.75, 3.05) is 0 Å². The van der Waals surface area contributed by atoms with Crippen LogP contribution < -0.4 is 0 Å². The zero-order valence-corrected chi connectivity index (χ0v) is 6.35. The highest BCUT2D eigenvalue weighted by Crippen LogP contribution is 2.20. The molecule has 1 aliphatic rings. The number of halogens is 2. The maximum atomic E-state index is 11.5. The van der Waals surface area contributed by atoms with Gasteiger partial charge in [-0.05, 0) is 25.7 Å². The van der Waals surface area contributed by atoms with Crippen LogP contribution in [0.25, 0.3) is 0 Å². The lowest BCUT2D eigenvalue weighted by Gasteiger charge is -2.20. The Morgan fingerprint density at radius 1 is 1.18 bits per heavy atom. The molecule has 64 valence electrons. The van der Waals surface area contributed by atoms with E-state index in [-0.39, 0.29) is 6.10 Å². The van der Waals surface area contributed by atoms with Gasteiger partial charge >= 0.3 is 6.08 Å². The van der Waals surface area contributed by atoms with Crippen LogP contribution in [0.3, 0.4) is 0 Å². The first kappa shape index (κ1) is 8.50. The summed E-state index contributed by atoms with van der Waals surface area (Å²) in [5, 5.41) is 0. The van der Waals surface area contributed by atoms with E-state index in [1.807, 2.05) is 0 Å².